The van der Waals surface area contributed by atoms with Gasteiger partial charge < -0.3 is 0 Å². The number of thiophene rings is 1. The Balaban J connectivity index is 1.38. The zero-order valence-electron chi connectivity index (χ0n) is 20.2. The maximum atomic E-state index is 13.8. The molecule has 37 heavy (non-hydrogen) atoms. The molecule has 0 aliphatic heterocycles. The first kappa shape index (κ1) is 25.4. The first-order chi connectivity index (χ1) is 18.0. The van der Waals surface area contributed by atoms with Gasteiger partial charge in [0.05, 0.1) is 28.1 Å². The Kier molecular flexibility index (Phi) is 7.88. The summed E-state index contributed by atoms with van der Waals surface area (Å²) in [6.07, 6.45) is 7.27. The molecule has 0 saturated heterocycles. The van der Waals surface area contributed by atoms with E-state index < -0.39 is 0 Å². The number of aryl methyl sites for hydroxylation is 3. The molecule has 0 spiro atoms. The van der Waals surface area contributed by atoms with Gasteiger partial charge in [-0.1, -0.05) is 71.4 Å². The number of hydrazone groups is 1. The number of nitrogens with one attached hydrogen (secondary N) is 1. The molecule has 9 heteroatoms. The summed E-state index contributed by atoms with van der Waals surface area (Å²) in [5.41, 5.74) is 6.34. The summed E-state index contributed by atoms with van der Waals surface area (Å²) in [6, 6.07) is 17.4. The molecule has 0 bridgehead atoms. The Bertz CT molecular complexity index is 1560. The van der Waals surface area contributed by atoms with E-state index >= 15 is 0 Å². The average Bonchev–Trinajstić information content (AvgIpc) is 3.27. The van der Waals surface area contributed by atoms with E-state index in [9.17, 15) is 9.59 Å². The highest BCUT2D eigenvalue weighted by Gasteiger charge is 2.23. The number of halogens is 1. The number of fused-ring (bicyclic) bond motifs is 3. The molecule has 1 aliphatic carbocycles. The highest BCUT2D eigenvalue weighted by molar-refractivity contribution is 7.99. The summed E-state index contributed by atoms with van der Waals surface area (Å²) in [7, 11) is 0. The first-order valence-electron chi connectivity index (χ1n) is 12.0. The number of allylic oxidation sites excluding steroid dienone is 1. The van der Waals surface area contributed by atoms with Crippen molar-refractivity contribution in [3.63, 3.8) is 0 Å². The van der Waals surface area contributed by atoms with Gasteiger partial charge in [-0.3, -0.25) is 14.2 Å². The van der Waals surface area contributed by atoms with Crippen LogP contribution in [0.2, 0.25) is 0 Å². The van der Waals surface area contributed by atoms with Crippen LogP contribution in [-0.2, 0) is 17.6 Å². The predicted molar refractivity (Wildman–Crippen MR) is 154 cm³/mol. The number of benzene rings is 2. The molecule has 0 fully saturated rings. The summed E-state index contributed by atoms with van der Waals surface area (Å²) in [5, 5.41) is 5.55. The van der Waals surface area contributed by atoms with Crippen LogP contribution in [-0.4, -0.2) is 27.4 Å². The van der Waals surface area contributed by atoms with Gasteiger partial charge in [-0.05, 0) is 61.9 Å². The number of hydrogen-bond acceptors (Lipinski definition) is 6. The molecule has 2 aromatic heterocycles. The van der Waals surface area contributed by atoms with Gasteiger partial charge in [-0.2, -0.15) is 5.10 Å². The van der Waals surface area contributed by atoms with Gasteiger partial charge in [0.2, 0.25) is 0 Å². The Morgan fingerprint density at radius 3 is 2.70 bits per heavy atom. The number of carbonyl (C=O) groups excluding carboxylic acids is 1. The molecular weight excluding hydrogens is 524 g/mol. The fourth-order valence-electron chi connectivity index (χ4n) is 4.28. The summed E-state index contributed by atoms with van der Waals surface area (Å²) in [5.74, 6) is -0.271. The molecule has 2 aromatic carbocycles. The van der Waals surface area contributed by atoms with E-state index in [1.807, 2.05) is 61.5 Å². The molecule has 0 saturated carbocycles. The second-order valence-electron chi connectivity index (χ2n) is 8.78. The van der Waals surface area contributed by atoms with Crippen LogP contribution in [0.15, 0.2) is 74.7 Å². The van der Waals surface area contributed by atoms with Crippen LogP contribution < -0.4 is 11.0 Å². The minimum Gasteiger partial charge on any atom is -0.272 e. The van der Waals surface area contributed by atoms with Crippen molar-refractivity contribution in [2.75, 3.05) is 5.75 Å². The summed E-state index contributed by atoms with van der Waals surface area (Å²) >= 11 is 9.01. The SMILES string of the molecule is Cc1ccc(-n2c(SCC(=O)N/N=C\C(Cl)=C\c3ccccc3)nc3sc4c(c3c2=O)CCCC4)cc1. The molecule has 1 N–H and O–H groups in total. The van der Waals surface area contributed by atoms with E-state index in [1.54, 1.807) is 22.0 Å². The predicted octanol–water partition coefficient (Wildman–Crippen LogP) is 6.11. The van der Waals surface area contributed by atoms with Crippen molar-refractivity contribution in [3.8, 4) is 5.69 Å². The lowest BCUT2D eigenvalue weighted by molar-refractivity contribution is -0.118. The molecule has 188 valence electrons. The maximum absolute atomic E-state index is 13.8. The van der Waals surface area contributed by atoms with Crippen LogP contribution in [0.1, 0.15) is 34.4 Å². The monoisotopic (exact) mass is 548 g/mol. The first-order valence-corrected chi connectivity index (χ1v) is 14.2. The van der Waals surface area contributed by atoms with Crippen LogP contribution in [0.4, 0.5) is 0 Å². The Morgan fingerprint density at radius 1 is 1.16 bits per heavy atom. The fraction of sp³-hybridized carbons (Fsp3) is 0.214. The van der Waals surface area contributed by atoms with E-state index in [1.165, 1.54) is 22.9 Å². The average molecular weight is 549 g/mol. The van der Waals surface area contributed by atoms with E-state index in [0.717, 1.165) is 58.3 Å². The van der Waals surface area contributed by atoms with Crippen LogP contribution >= 0.6 is 34.7 Å². The number of rotatable bonds is 7. The van der Waals surface area contributed by atoms with E-state index in [4.69, 9.17) is 16.6 Å². The topological polar surface area (TPSA) is 76.3 Å². The molecule has 1 aliphatic rings. The van der Waals surface area contributed by atoms with Gasteiger partial charge >= 0.3 is 0 Å². The zero-order chi connectivity index (χ0) is 25.8. The molecule has 6 nitrogen and oxygen atoms in total. The van der Waals surface area contributed by atoms with Crippen LogP contribution in [0.5, 0.6) is 0 Å². The highest BCUT2D eigenvalue weighted by Crippen LogP contribution is 2.35. The van der Waals surface area contributed by atoms with E-state index in [-0.39, 0.29) is 17.2 Å². The zero-order valence-corrected chi connectivity index (χ0v) is 22.6. The van der Waals surface area contributed by atoms with Gasteiger partial charge in [0, 0.05) is 4.88 Å². The summed E-state index contributed by atoms with van der Waals surface area (Å²) in [4.78, 5) is 33.2. The Hall–Kier alpha value is -3.20. The lowest BCUT2D eigenvalue weighted by atomic mass is 9.97. The molecule has 4 aromatic rings. The third-order valence-corrected chi connectivity index (χ3v) is 8.39. The minimum atomic E-state index is -0.319. The third kappa shape index (κ3) is 5.87. The second kappa shape index (κ2) is 11.5. The quantitative estimate of drug-likeness (QED) is 0.131. The van der Waals surface area contributed by atoms with Gasteiger partial charge in [-0.15, -0.1) is 11.3 Å². The van der Waals surface area contributed by atoms with E-state index in [0.29, 0.717) is 10.2 Å². The number of thioether (sulfide) groups is 1. The van der Waals surface area contributed by atoms with Crippen molar-refractivity contribution < 1.29 is 4.79 Å². The molecule has 1 amide bonds. The van der Waals surface area contributed by atoms with Crippen molar-refractivity contribution in [3.05, 3.63) is 91.6 Å². The van der Waals surface area contributed by atoms with Crippen LogP contribution in [0, 0.1) is 6.92 Å². The smallest absolute Gasteiger partial charge is 0.267 e. The number of amides is 1. The second-order valence-corrected chi connectivity index (χ2v) is 11.2. The van der Waals surface area contributed by atoms with Crippen molar-refractivity contribution in [2.24, 2.45) is 5.10 Å². The van der Waals surface area contributed by atoms with E-state index in [2.05, 4.69) is 10.5 Å². The van der Waals surface area contributed by atoms with Gasteiger partial charge in [0.25, 0.3) is 11.5 Å². The number of carbonyl (C=O) groups is 1. The van der Waals surface area contributed by atoms with Crippen molar-refractivity contribution in [2.45, 2.75) is 37.8 Å². The molecule has 5 rings (SSSR count). The molecule has 2 heterocycles. The van der Waals surface area contributed by atoms with Crippen LogP contribution in [0.3, 0.4) is 0 Å². The van der Waals surface area contributed by atoms with Crippen molar-refractivity contribution in [1.29, 1.82) is 0 Å². The number of hydrogen-bond donors (Lipinski definition) is 1. The van der Waals surface area contributed by atoms with Crippen molar-refractivity contribution in [1.82, 2.24) is 15.0 Å². The van der Waals surface area contributed by atoms with Crippen LogP contribution in [0.25, 0.3) is 22.0 Å². The number of nitrogens with zero attached hydrogens (tertiary/aromatic N) is 3. The molecule has 0 atom stereocenters. The fourth-order valence-corrected chi connectivity index (χ4v) is 6.56. The largest absolute Gasteiger partial charge is 0.272 e. The Morgan fingerprint density at radius 2 is 1.92 bits per heavy atom. The third-order valence-electron chi connectivity index (χ3n) is 6.06. The highest BCUT2D eigenvalue weighted by atomic mass is 35.5. The lowest BCUT2D eigenvalue weighted by Crippen LogP contribution is -2.24. The number of aromatic nitrogens is 2. The normalized spacial score (nSPS) is 13.7. The summed E-state index contributed by atoms with van der Waals surface area (Å²) < 4.78 is 1.63. The Labute approximate surface area is 228 Å². The minimum absolute atomic E-state index is 0.0479. The standard InChI is InChI=1S/C28H25ClN4O2S2/c1-18-11-13-21(14-12-18)33-27(35)25-22-9-5-6-10-23(22)37-26(25)31-28(33)36-17-24(34)32-30-16-20(29)15-19-7-3-2-4-8-19/h2-4,7-8,11-16H,5-6,9-10,17H2,1H3,(H,32,34)/b20-15-,30-16-. The van der Waals surface area contributed by atoms with Crippen molar-refractivity contribution >= 4 is 63.1 Å². The van der Waals surface area contributed by atoms with Gasteiger partial charge in [0.1, 0.15) is 4.83 Å². The molecule has 0 unspecified atom stereocenters. The molecule has 0 radical (unpaired) electrons. The molecular formula is C28H25ClN4O2S2. The maximum Gasteiger partial charge on any atom is 0.267 e. The summed E-state index contributed by atoms with van der Waals surface area (Å²) in [6.45, 7) is 2.01. The van der Waals surface area contributed by atoms with Gasteiger partial charge in [-0.25, -0.2) is 10.4 Å². The van der Waals surface area contributed by atoms with Gasteiger partial charge in [0.15, 0.2) is 5.16 Å². The lowest BCUT2D eigenvalue weighted by Gasteiger charge is -2.13.